The van der Waals surface area contributed by atoms with Gasteiger partial charge in [-0.05, 0) is 13.1 Å². The molecule has 1 aromatic rings. The molecule has 0 atom stereocenters. The van der Waals surface area contributed by atoms with Crippen LogP contribution in [0.4, 0.5) is 0 Å². The van der Waals surface area contributed by atoms with Crippen molar-refractivity contribution in [1.82, 2.24) is 5.32 Å². The van der Waals surface area contributed by atoms with Gasteiger partial charge in [0.05, 0.1) is 11.4 Å². The lowest BCUT2D eigenvalue weighted by atomic mass is 10.3. The Hall–Kier alpha value is -1.11. The number of carbonyl (C=O) groups excluding carboxylic acids is 1. The Kier molecular flexibility index (Phi) is 3.52. The summed E-state index contributed by atoms with van der Waals surface area (Å²) in [4.78, 5) is 11.0. The van der Waals surface area contributed by atoms with Gasteiger partial charge in [0.25, 0.3) is 0 Å². The minimum atomic E-state index is 0.673. The molecule has 1 N–H and O–H groups in total. The number of nitrogens with one attached hydrogen (secondary N) is 1. The predicted octanol–water partition coefficient (Wildman–Crippen LogP) is 1.13. The average Bonchev–Trinajstić information content (AvgIpc) is 2.53. The molecule has 1 heterocycles. The van der Waals surface area contributed by atoms with E-state index in [0.717, 1.165) is 16.7 Å². The van der Waals surface area contributed by atoms with Crippen LogP contribution in [-0.4, -0.2) is 19.9 Å². The number of thiophene rings is 1. The largest absolute Gasteiger partial charge is 0.309 e. The summed E-state index contributed by atoms with van der Waals surface area (Å²) in [6.45, 7) is 0.673. The highest BCUT2D eigenvalue weighted by molar-refractivity contribution is 7.11. The first kappa shape index (κ1) is 8.98. The second kappa shape index (κ2) is 4.70. The molecule has 0 spiro atoms. The topological polar surface area (TPSA) is 29.1 Å². The van der Waals surface area contributed by atoms with Crippen molar-refractivity contribution in [3.05, 3.63) is 21.9 Å². The van der Waals surface area contributed by atoms with E-state index in [2.05, 4.69) is 17.2 Å². The Morgan fingerprint density at radius 2 is 2.58 bits per heavy atom. The number of aldehydes is 1. The fraction of sp³-hybridized carbons (Fsp3) is 0.222. The van der Waals surface area contributed by atoms with Gasteiger partial charge in [-0.1, -0.05) is 11.8 Å². The summed E-state index contributed by atoms with van der Waals surface area (Å²) < 4.78 is 0. The normalized spacial score (nSPS) is 8.75. The zero-order chi connectivity index (χ0) is 8.81. The predicted molar refractivity (Wildman–Crippen MR) is 50.5 cm³/mol. The number of hydrogen-bond acceptors (Lipinski definition) is 3. The molecule has 1 aromatic heterocycles. The van der Waals surface area contributed by atoms with Gasteiger partial charge >= 0.3 is 0 Å². The van der Waals surface area contributed by atoms with E-state index in [9.17, 15) is 4.79 Å². The van der Waals surface area contributed by atoms with Gasteiger partial charge in [0.15, 0.2) is 6.29 Å². The van der Waals surface area contributed by atoms with Crippen molar-refractivity contribution >= 4 is 17.6 Å². The lowest BCUT2D eigenvalue weighted by Gasteiger charge is -1.81. The fourth-order valence-corrected chi connectivity index (χ4v) is 1.36. The first-order valence-electron chi connectivity index (χ1n) is 3.54. The summed E-state index contributed by atoms with van der Waals surface area (Å²) in [5, 5.41) is 4.80. The Morgan fingerprint density at radius 3 is 3.17 bits per heavy atom. The summed E-state index contributed by atoms with van der Waals surface area (Å²) >= 11 is 1.42. The lowest BCUT2D eigenvalue weighted by molar-refractivity contribution is 0.112. The summed E-state index contributed by atoms with van der Waals surface area (Å²) in [6.07, 6.45) is 0.841. The Balaban J connectivity index is 2.65. The number of carbonyl (C=O) groups is 1. The van der Waals surface area contributed by atoms with E-state index in [-0.39, 0.29) is 0 Å². The molecule has 0 fully saturated rings. The van der Waals surface area contributed by atoms with Crippen LogP contribution in [0.5, 0.6) is 0 Å². The molecular weight excluding hydrogens is 170 g/mol. The van der Waals surface area contributed by atoms with Crippen molar-refractivity contribution in [3.8, 4) is 11.8 Å². The van der Waals surface area contributed by atoms with E-state index >= 15 is 0 Å². The molecule has 0 amide bonds. The molecule has 0 aliphatic carbocycles. The maximum Gasteiger partial charge on any atom is 0.160 e. The van der Waals surface area contributed by atoms with Crippen molar-refractivity contribution in [1.29, 1.82) is 0 Å². The summed E-state index contributed by atoms with van der Waals surface area (Å²) in [7, 11) is 1.85. The van der Waals surface area contributed by atoms with Crippen LogP contribution in [0.3, 0.4) is 0 Å². The van der Waals surface area contributed by atoms with E-state index in [4.69, 9.17) is 0 Å². The van der Waals surface area contributed by atoms with Crippen LogP contribution in [-0.2, 0) is 0 Å². The van der Waals surface area contributed by atoms with Crippen LogP contribution in [0, 0.1) is 11.8 Å². The first-order valence-corrected chi connectivity index (χ1v) is 4.42. The van der Waals surface area contributed by atoms with Gasteiger partial charge in [-0.25, -0.2) is 0 Å². The van der Waals surface area contributed by atoms with Gasteiger partial charge in [0.2, 0.25) is 0 Å². The molecule has 1 rings (SSSR count). The number of rotatable bonds is 2. The van der Waals surface area contributed by atoms with E-state index in [1.807, 2.05) is 12.4 Å². The standard InChI is InChI=1S/C9H9NOS/c1-10-4-2-3-8-5-9(6-11)12-7-8/h5-7,10H,4H2,1H3. The van der Waals surface area contributed by atoms with Crippen LogP contribution in [0.15, 0.2) is 11.4 Å². The summed E-state index contributed by atoms with van der Waals surface area (Å²) in [5.74, 6) is 5.86. The van der Waals surface area contributed by atoms with Gasteiger partial charge < -0.3 is 5.32 Å². The van der Waals surface area contributed by atoms with Gasteiger partial charge in [-0.3, -0.25) is 4.79 Å². The smallest absolute Gasteiger partial charge is 0.160 e. The van der Waals surface area contributed by atoms with E-state index in [0.29, 0.717) is 6.54 Å². The van der Waals surface area contributed by atoms with Crippen molar-refractivity contribution < 1.29 is 4.79 Å². The molecule has 0 saturated carbocycles. The van der Waals surface area contributed by atoms with Crippen LogP contribution in [0.25, 0.3) is 0 Å². The summed E-state index contributed by atoms with van der Waals surface area (Å²) in [5.41, 5.74) is 0.914. The second-order valence-corrected chi connectivity index (χ2v) is 3.13. The number of hydrogen-bond donors (Lipinski definition) is 1. The Labute approximate surface area is 75.6 Å². The maximum atomic E-state index is 10.3. The first-order chi connectivity index (χ1) is 5.86. The van der Waals surface area contributed by atoms with Crippen LogP contribution in [0.1, 0.15) is 15.2 Å². The lowest BCUT2D eigenvalue weighted by Crippen LogP contribution is -2.04. The minimum Gasteiger partial charge on any atom is -0.309 e. The molecule has 0 bridgehead atoms. The van der Waals surface area contributed by atoms with Crippen LogP contribution < -0.4 is 5.32 Å². The Bertz CT molecular complexity index is 319. The highest BCUT2D eigenvalue weighted by Crippen LogP contribution is 2.10. The second-order valence-electron chi connectivity index (χ2n) is 2.19. The molecule has 0 saturated heterocycles. The molecule has 3 heteroatoms. The zero-order valence-electron chi connectivity index (χ0n) is 6.76. The van der Waals surface area contributed by atoms with Crippen molar-refractivity contribution in [2.75, 3.05) is 13.6 Å². The van der Waals surface area contributed by atoms with E-state index < -0.39 is 0 Å². The van der Waals surface area contributed by atoms with Crippen molar-refractivity contribution in [2.24, 2.45) is 0 Å². The molecule has 62 valence electrons. The fourth-order valence-electron chi connectivity index (χ4n) is 0.715. The third-order valence-electron chi connectivity index (χ3n) is 1.23. The molecule has 0 aromatic carbocycles. The SMILES string of the molecule is CNCC#Cc1csc(C=O)c1. The molecule has 0 aliphatic rings. The molecule has 0 aliphatic heterocycles. The van der Waals surface area contributed by atoms with Crippen molar-refractivity contribution in [3.63, 3.8) is 0 Å². The maximum absolute atomic E-state index is 10.3. The molecule has 0 unspecified atom stereocenters. The van der Waals surface area contributed by atoms with Crippen LogP contribution in [0.2, 0.25) is 0 Å². The zero-order valence-corrected chi connectivity index (χ0v) is 7.57. The Morgan fingerprint density at radius 1 is 1.75 bits per heavy atom. The highest BCUT2D eigenvalue weighted by Gasteiger charge is 1.93. The molecule has 12 heavy (non-hydrogen) atoms. The molecule has 2 nitrogen and oxygen atoms in total. The molecular formula is C9H9NOS. The average molecular weight is 179 g/mol. The van der Waals surface area contributed by atoms with Gasteiger partial charge in [0, 0.05) is 10.9 Å². The monoisotopic (exact) mass is 179 g/mol. The third-order valence-corrected chi connectivity index (χ3v) is 2.09. The minimum absolute atomic E-state index is 0.673. The van der Waals surface area contributed by atoms with E-state index in [1.165, 1.54) is 11.3 Å². The highest BCUT2D eigenvalue weighted by atomic mass is 32.1. The van der Waals surface area contributed by atoms with Crippen molar-refractivity contribution in [2.45, 2.75) is 0 Å². The summed E-state index contributed by atoms with van der Waals surface area (Å²) in [6, 6.07) is 1.79. The van der Waals surface area contributed by atoms with Gasteiger partial charge in [-0.2, -0.15) is 0 Å². The van der Waals surface area contributed by atoms with Crippen LogP contribution >= 0.6 is 11.3 Å². The third kappa shape index (κ3) is 2.50. The van der Waals surface area contributed by atoms with Gasteiger partial charge in [-0.15, -0.1) is 11.3 Å². The molecule has 0 radical (unpaired) electrons. The quantitative estimate of drug-likeness (QED) is 0.544. The van der Waals surface area contributed by atoms with Gasteiger partial charge in [0.1, 0.15) is 0 Å². The van der Waals surface area contributed by atoms with E-state index in [1.54, 1.807) is 6.07 Å².